The van der Waals surface area contributed by atoms with Gasteiger partial charge in [-0.2, -0.15) is 0 Å². The molecule has 0 heterocycles. The Morgan fingerprint density at radius 1 is 0.952 bits per heavy atom. The van der Waals surface area contributed by atoms with Gasteiger partial charge in [0.1, 0.15) is 0 Å². The quantitative estimate of drug-likeness (QED) is 0.850. The van der Waals surface area contributed by atoms with E-state index >= 15 is 0 Å². The van der Waals surface area contributed by atoms with Crippen LogP contribution in [0.4, 0.5) is 0 Å². The first-order chi connectivity index (χ1) is 10.3. The van der Waals surface area contributed by atoms with Gasteiger partial charge in [0, 0.05) is 6.54 Å². The van der Waals surface area contributed by atoms with Gasteiger partial charge in [-0.05, 0) is 23.3 Å². The summed E-state index contributed by atoms with van der Waals surface area (Å²) in [6, 6.07) is 15.7. The predicted octanol–water partition coefficient (Wildman–Crippen LogP) is 2.92. The van der Waals surface area contributed by atoms with E-state index in [9.17, 15) is 0 Å². The van der Waals surface area contributed by atoms with Crippen molar-refractivity contribution >= 4 is 0 Å². The first-order valence-corrected chi connectivity index (χ1v) is 6.86. The molecule has 0 fully saturated rings. The molecule has 112 valence electrons. The molecule has 0 spiro atoms. The molecule has 2 rings (SSSR count). The van der Waals surface area contributed by atoms with Crippen LogP contribution in [0.25, 0.3) is 0 Å². The second-order valence-corrected chi connectivity index (χ2v) is 4.64. The van der Waals surface area contributed by atoms with Gasteiger partial charge in [-0.25, -0.2) is 0 Å². The minimum Gasteiger partial charge on any atom is -0.493 e. The molecule has 2 N–H and O–H groups in total. The Hall–Kier alpha value is -2.04. The highest BCUT2D eigenvalue weighted by atomic mass is 16.5. The molecule has 0 saturated heterocycles. The van der Waals surface area contributed by atoms with Crippen molar-refractivity contribution in [1.29, 1.82) is 0 Å². The summed E-state index contributed by atoms with van der Waals surface area (Å²) in [5.74, 6) is 1.37. The number of hydrogen-bond donors (Lipinski definition) is 1. The first kappa shape index (κ1) is 15.4. The fourth-order valence-electron chi connectivity index (χ4n) is 2.12. The lowest BCUT2D eigenvalue weighted by Crippen LogP contribution is -2.16. The van der Waals surface area contributed by atoms with Crippen LogP contribution < -0.4 is 15.2 Å². The van der Waals surface area contributed by atoms with Gasteiger partial charge in [0.2, 0.25) is 0 Å². The van der Waals surface area contributed by atoms with Crippen molar-refractivity contribution in [3.05, 3.63) is 59.7 Å². The highest BCUT2D eigenvalue weighted by molar-refractivity contribution is 5.43. The molecular formula is C17H21NO3. The van der Waals surface area contributed by atoms with Crippen LogP contribution in [0.1, 0.15) is 17.2 Å². The molecular weight excluding hydrogens is 266 g/mol. The van der Waals surface area contributed by atoms with E-state index in [1.807, 2.05) is 48.5 Å². The maximum atomic E-state index is 5.92. The van der Waals surface area contributed by atoms with Crippen LogP contribution in [0.2, 0.25) is 0 Å². The second-order valence-electron chi connectivity index (χ2n) is 4.64. The fraction of sp³-hybridized carbons (Fsp3) is 0.294. The third-order valence-electron chi connectivity index (χ3n) is 3.29. The zero-order valence-corrected chi connectivity index (χ0v) is 12.4. The van der Waals surface area contributed by atoms with E-state index in [1.165, 1.54) is 0 Å². The zero-order valence-electron chi connectivity index (χ0n) is 12.4. The maximum absolute atomic E-state index is 5.92. The summed E-state index contributed by atoms with van der Waals surface area (Å²) < 4.78 is 16.5. The third-order valence-corrected chi connectivity index (χ3v) is 3.29. The summed E-state index contributed by atoms with van der Waals surface area (Å²) in [7, 11) is 3.23. The molecule has 0 aliphatic rings. The van der Waals surface area contributed by atoms with Crippen LogP contribution in [0, 0.1) is 0 Å². The minimum absolute atomic E-state index is 0.176. The van der Waals surface area contributed by atoms with Gasteiger partial charge in [0.05, 0.1) is 26.9 Å². The molecule has 0 bridgehead atoms. The van der Waals surface area contributed by atoms with Crippen LogP contribution in [0.5, 0.6) is 11.5 Å². The van der Waals surface area contributed by atoms with Gasteiger partial charge in [-0.3, -0.25) is 0 Å². The third kappa shape index (κ3) is 3.97. The molecule has 2 aromatic rings. The number of rotatable bonds is 7. The summed E-state index contributed by atoms with van der Waals surface area (Å²) in [4.78, 5) is 0. The van der Waals surface area contributed by atoms with Crippen LogP contribution in [0.3, 0.4) is 0 Å². The van der Waals surface area contributed by atoms with E-state index < -0.39 is 0 Å². The van der Waals surface area contributed by atoms with Gasteiger partial charge >= 0.3 is 0 Å². The molecule has 21 heavy (non-hydrogen) atoms. The molecule has 4 heteroatoms. The Bertz CT molecular complexity index is 557. The lowest BCUT2D eigenvalue weighted by molar-refractivity contribution is 0.0455. The van der Waals surface area contributed by atoms with Crippen molar-refractivity contribution in [1.82, 2.24) is 0 Å². The molecule has 2 aromatic carbocycles. The molecule has 0 radical (unpaired) electrons. The fourth-order valence-corrected chi connectivity index (χ4v) is 2.12. The Morgan fingerprint density at radius 2 is 1.67 bits per heavy atom. The van der Waals surface area contributed by atoms with Gasteiger partial charge in [0.15, 0.2) is 11.5 Å². The number of ether oxygens (including phenoxy) is 3. The molecule has 1 atom stereocenters. The highest BCUT2D eigenvalue weighted by Gasteiger charge is 2.13. The SMILES string of the molecule is COc1ccc([C@@H](CN)OCc2ccccc2)cc1OC. The molecule has 0 unspecified atom stereocenters. The van der Waals surface area contributed by atoms with E-state index in [1.54, 1.807) is 14.2 Å². The van der Waals surface area contributed by atoms with Crippen molar-refractivity contribution < 1.29 is 14.2 Å². The maximum Gasteiger partial charge on any atom is 0.161 e. The highest BCUT2D eigenvalue weighted by Crippen LogP contribution is 2.31. The van der Waals surface area contributed by atoms with Crippen LogP contribution in [-0.4, -0.2) is 20.8 Å². The summed E-state index contributed by atoms with van der Waals surface area (Å²) in [6.45, 7) is 0.930. The summed E-state index contributed by atoms with van der Waals surface area (Å²) in [6.07, 6.45) is -0.176. The van der Waals surface area contributed by atoms with Crippen LogP contribution in [0.15, 0.2) is 48.5 Å². The first-order valence-electron chi connectivity index (χ1n) is 6.86. The van der Waals surface area contributed by atoms with Crippen molar-refractivity contribution in [3.63, 3.8) is 0 Å². The van der Waals surface area contributed by atoms with E-state index in [0.717, 1.165) is 11.1 Å². The summed E-state index contributed by atoms with van der Waals surface area (Å²) >= 11 is 0. The number of methoxy groups -OCH3 is 2. The van der Waals surface area contributed by atoms with Crippen LogP contribution >= 0.6 is 0 Å². The molecule has 0 aliphatic heterocycles. The Balaban J connectivity index is 2.10. The van der Waals surface area contributed by atoms with Crippen molar-refractivity contribution in [2.24, 2.45) is 5.73 Å². The van der Waals surface area contributed by atoms with Crippen molar-refractivity contribution in [2.75, 3.05) is 20.8 Å². The zero-order chi connectivity index (χ0) is 15.1. The van der Waals surface area contributed by atoms with E-state index in [2.05, 4.69) is 0 Å². The lowest BCUT2D eigenvalue weighted by Gasteiger charge is -2.18. The van der Waals surface area contributed by atoms with E-state index in [0.29, 0.717) is 24.7 Å². The van der Waals surface area contributed by atoms with Gasteiger partial charge < -0.3 is 19.9 Å². The standard InChI is InChI=1S/C17H21NO3/c1-19-15-9-8-14(10-16(15)20-2)17(11-18)21-12-13-6-4-3-5-7-13/h3-10,17H,11-12,18H2,1-2H3/t17-/m1/s1. The topological polar surface area (TPSA) is 53.7 Å². The molecule has 0 amide bonds. The molecule has 0 aliphatic carbocycles. The Morgan fingerprint density at radius 3 is 2.29 bits per heavy atom. The monoisotopic (exact) mass is 287 g/mol. The van der Waals surface area contributed by atoms with E-state index in [-0.39, 0.29) is 6.10 Å². The Labute approximate surface area is 125 Å². The lowest BCUT2D eigenvalue weighted by atomic mass is 10.1. The average Bonchev–Trinajstić information content (AvgIpc) is 2.56. The predicted molar refractivity (Wildman–Crippen MR) is 82.6 cm³/mol. The van der Waals surface area contributed by atoms with E-state index in [4.69, 9.17) is 19.9 Å². The summed E-state index contributed by atoms with van der Waals surface area (Å²) in [5.41, 5.74) is 7.93. The second kappa shape index (κ2) is 7.67. The Kier molecular flexibility index (Phi) is 5.60. The minimum atomic E-state index is -0.176. The summed E-state index contributed by atoms with van der Waals surface area (Å²) in [5, 5.41) is 0. The van der Waals surface area contributed by atoms with Gasteiger partial charge in [-0.1, -0.05) is 36.4 Å². The smallest absolute Gasteiger partial charge is 0.161 e. The van der Waals surface area contributed by atoms with Crippen molar-refractivity contribution in [2.45, 2.75) is 12.7 Å². The van der Waals surface area contributed by atoms with Crippen LogP contribution in [-0.2, 0) is 11.3 Å². The van der Waals surface area contributed by atoms with Gasteiger partial charge in [0.25, 0.3) is 0 Å². The number of nitrogens with two attached hydrogens (primary N) is 1. The molecule has 4 nitrogen and oxygen atoms in total. The largest absolute Gasteiger partial charge is 0.493 e. The molecule has 0 aromatic heterocycles. The number of hydrogen-bond acceptors (Lipinski definition) is 4. The average molecular weight is 287 g/mol. The normalized spacial score (nSPS) is 12.0. The molecule has 0 saturated carbocycles. The number of benzene rings is 2. The van der Waals surface area contributed by atoms with Crippen molar-refractivity contribution in [3.8, 4) is 11.5 Å². The van der Waals surface area contributed by atoms with Gasteiger partial charge in [-0.15, -0.1) is 0 Å².